The second kappa shape index (κ2) is 9.43. The van der Waals surface area contributed by atoms with Crippen molar-refractivity contribution >= 4 is 11.7 Å². The predicted molar refractivity (Wildman–Crippen MR) is 117 cm³/mol. The number of likely N-dealkylation sites (tertiary alicyclic amines) is 1. The van der Waals surface area contributed by atoms with E-state index in [1.54, 1.807) is 0 Å². The largest absolute Gasteiger partial charge is 0.489 e. The summed E-state index contributed by atoms with van der Waals surface area (Å²) >= 11 is 0. The molecule has 4 rings (SSSR count). The number of carbonyl (C=O) groups is 2. The lowest BCUT2D eigenvalue weighted by atomic mass is 9.90. The Kier molecular flexibility index (Phi) is 6.48. The molecule has 1 saturated heterocycles. The minimum atomic E-state index is -0.0939. The first-order chi connectivity index (χ1) is 14.6. The Bertz CT molecular complexity index is 883. The highest BCUT2D eigenvalue weighted by molar-refractivity contribution is 5.98. The summed E-state index contributed by atoms with van der Waals surface area (Å²) in [5, 5.41) is 0. The van der Waals surface area contributed by atoms with E-state index in [9.17, 15) is 9.59 Å². The van der Waals surface area contributed by atoms with Crippen molar-refractivity contribution in [2.24, 2.45) is 5.92 Å². The average Bonchev–Trinajstić information content (AvgIpc) is 2.95. The number of piperidine rings is 1. The number of ketones is 1. The lowest BCUT2D eigenvalue weighted by molar-refractivity contribution is -0.133. The molecule has 2 aromatic carbocycles. The van der Waals surface area contributed by atoms with Crippen molar-refractivity contribution in [3.8, 4) is 5.75 Å². The molecule has 0 bridgehead atoms. The first kappa shape index (κ1) is 20.6. The fourth-order valence-electron chi connectivity index (χ4n) is 4.51. The number of amides is 1. The first-order valence-corrected chi connectivity index (χ1v) is 10.9. The topological polar surface area (TPSA) is 49.9 Å². The Balaban J connectivity index is 1.33. The van der Waals surface area contributed by atoms with Gasteiger partial charge in [0.05, 0.1) is 0 Å². The van der Waals surface area contributed by atoms with E-state index in [-0.39, 0.29) is 23.7 Å². The molecule has 0 radical (unpaired) electrons. The van der Waals surface area contributed by atoms with Gasteiger partial charge in [0.1, 0.15) is 11.9 Å². The van der Waals surface area contributed by atoms with E-state index in [2.05, 4.69) is 17.9 Å². The zero-order chi connectivity index (χ0) is 20.9. The minimum Gasteiger partial charge on any atom is -0.489 e. The molecule has 5 heteroatoms. The molecule has 0 N–H and O–H groups in total. The normalized spacial score (nSPS) is 22.0. The summed E-state index contributed by atoms with van der Waals surface area (Å²) in [6.45, 7) is 5.66. The number of hydrogen-bond acceptors (Lipinski definition) is 4. The molecular weight excluding hydrogens is 376 g/mol. The van der Waals surface area contributed by atoms with Crippen LogP contribution in [0.25, 0.3) is 0 Å². The Labute approximate surface area is 178 Å². The van der Waals surface area contributed by atoms with Crippen molar-refractivity contribution in [2.75, 3.05) is 26.2 Å². The summed E-state index contributed by atoms with van der Waals surface area (Å²) in [5.41, 5.74) is 1.91. The number of benzene rings is 2. The van der Waals surface area contributed by atoms with Gasteiger partial charge in [-0.15, -0.1) is 0 Å². The first-order valence-electron chi connectivity index (χ1n) is 10.9. The standard InChI is InChI=1S/C25H30N2O3/c1-19-16-26(17-21-10-5-6-12-23(21)30-19)15-13-24(28)27-14-7-11-22(18-27)25(29)20-8-3-2-4-9-20/h2-6,8-10,12,19,22H,7,11,13-18H2,1H3. The molecule has 0 saturated carbocycles. The van der Waals surface area contributed by atoms with E-state index in [4.69, 9.17) is 4.74 Å². The van der Waals surface area contributed by atoms with Gasteiger partial charge in [0.2, 0.25) is 5.91 Å². The van der Waals surface area contributed by atoms with Crippen molar-refractivity contribution in [1.29, 1.82) is 0 Å². The van der Waals surface area contributed by atoms with Crippen LogP contribution in [0.5, 0.6) is 5.75 Å². The van der Waals surface area contributed by atoms with Gasteiger partial charge in [0.25, 0.3) is 0 Å². The maximum atomic E-state index is 12.9. The van der Waals surface area contributed by atoms with E-state index in [1.807, 2.05) is 53.4 Å². The van der Waals surface area contributed by atoms with Gasteiger partial charge >= 0.3 is 0 Å². The van der Waals surface area contributed by atoms with Crippen LogP contribution in [0.2, 0.25) is 0 Å². The third kappa shape index (κ3) is 4.90. The molecule has 1 amide bonds. The number of hydrogen-bond donors (Lipinski definition) is 0. The van der Waals surface area contributed by atoms with Crippen LogP contribution >= 0.6 is 0 Å². The average molecular weight is 407 g/mol. The summed E-state index contributed by atoms with van der Waals surface area (Å²) in [6.07, 6.45) is 2.31. The quantitative estimate of drug-likeness (QED) is 0.709. The number of para-hydroxylation sites is 1. The van der Waals surface area contributed by atoms with E-state index in [0.29, 0.717) is 19.5 Å². The number of ether oxygens (including phenoxy) is 1. The number of nitrogens with zero attached hydrogens (tertiary/aromatic N) is 2. The van der Waals surface area contributed by atoms with Crippen LogP contribution in [0.3, 0.4) is 0 Å². The number of Topliss-reactive ketones (excluding diaryl/α,β-unsaturated/α-hetero) is 1. The molecule has 0 spiro atoms. The van der Waals surface area contributed by atoms with Crippen LogP contribution in [0, 0.1) is 5.92 Å². The lowest BCUT2D eigenvalue weighted by Gasteiger charge is -2.33. The highest BCUT2D eigenvalue weighted by Crippen LogP contribution is 2.25. The van der Waals surface area contributed by atoms with Crippen LogP contribution in [0.15, 0.2) is 54.6 Å². The SMILES string of the molecule is CC1CN(CCC(=O)N2CCCC(C(=O)c3ccccc3)C2)Cc2ccccc2O1. The maximum Gasteiger partial charge on any atom is 0.223 e. The molecule has 30 heavy (non-hydrogen) atoms. The van der Waals surface area contributed by atoms with E-state index in [0.717, 1.165) is 43.8 Å². The second-order valence-corrected chi connectivity index (χ2v) is 8.43. The Morgan fingerprint density at radius 3 is 2.63 bits per heavy atom. The number of fused-ring (bicyclic) bond motifs is 1. The smallest absolute Gasteiger partial charge is 0.223 e. The van der Waals surface area contributed by atoms with Crippen molar-refractivity contribution in [2.45, 2.75) is 38.8 Å². The molecule has 2 aromatic rings. The van der Waals surface area contributed by atoms with Gasteiger partial charge < -0.3 is 9.64 Å². The van der Waals surface area contributed by atoms with Gasteiger partial charge in [-0.05, 0) is 25.8 Å². The fraction of sp³-hybridized carbons (Fsp3) is 0.440. The van der Waals surface area contributed by atoms with Crippen LogP contribution in [-0.4, -0.2) is 53.8 Å². The highest BCUT2D eigenvalue weighted by Gasteiger charge is 2.29. The Morgan fingerprint density at radius 1 is 1.03 bits per heavy atom. The number of rotatable bonds is 5. The van der Waals surface area contributed by atoms with Crippen LogP contribution < -0.4 is 4.74 Å². The second-order valence-electron chi connectivity index (χ2n) is 8.43. The zero-order valence-corrected chi connectivity index (χ0v) is 17.6. The summed E-state index contributed by atoms with van der Waals surface area (Å²) in [4.78, 5) is 29.9. The third-order valence-electron chi connectivity index (χ3n) is 6.06. The van der Waals surface area contributed by atoms with Gasteiger partial charge in [-0.3, -0.25) is 14.5 Å². The maximum absolute atomic E-state index is 12.9. The summed E-state index contributed by atoms with van der Waals surface area (Å²) < 4.78 is 6.02. The molecule has 1 fully saturated rings. The third-order valence-corrected chi connectivity index (χ3v) is 6.06. The van der Waals surface area contributed by atoms with Crippen LogP contribution in [0.4, 0.5) is 0 Å². The van der Waals surface area contributed by atoms with Gasteiger partial charge in [-0.1, -0.05) is 48.5 Å². The molecule has 5 nitrogen and oxygen atoms in total. The summed E-state index contributed by atoms with van der Waals surface area (Å²) in [6, 6.07) is 17.6. The van der Waals surface area contributed by atoms with Gasteiger partial charge in [-0.2, -0.15) is 0 Å². The van der Waals surface area contributed by atoms with E-state index >= 15 is 0 Å². The number of carbonyl (C=O) groups excluding carboxylic acids is 2. The molecule has 0 aliphatic carbocycles. The predicted octanol–water partition coefficient (Wildman–Crippen LogP) is 3.78. The van der Waals surface area contributed by atoms with Crippen LogP contribution in [-0.2, 0) is 11.3 Å². The van der Waals surface area contributed by atoms with E-state index < -0.39 is 0 Å². The van der Waals surface area contributed by atoms with Crippen molar-refractivity contribution in [3.63, 3.8) is 0 Å². The van der Waals surface area contributed by atoms with Gasteiger partial charge in [0.15, 0.2) is 5.78 Å². The molecule has 2 heterocycles. The molecule has 2 atom stereocenters. The summed E-state index contributed by atoms with van der Waals surface area (Å²) in [7, 11) is 0. The fourth-order valence-corrected chi connectivity index (χ4v) is 4.51. The molecule has 2 aliphatic rings. The molecule has 0 aromatic heterocycles. The van der Waals surface area contributed by atoms with Crippen LogP contribution in [0.1, 0.15) is 42.1 Å². The Hall–Kier alpha value is -2.66. The van der Waals surface area contributed by atoms with Crippen molar-refractivity contribution < 1.29 is 14.3 Å². The molecule has 158 valence electrons. The molecular formula is C25H30N2O3. The minimum absolute atomic E-state index is 0.0895. The van der Waals surface area contributed by atoms with Crippen molar-refractivity contribution in [1.82, 2.24) is 9.80 Å². The lowest BCUT2D eigenvalue weighted by Crippen LogP contribution is -2.43. The van der Waals surface area contributed by atoms with Gasteiger partial charge in [0, 0.05) is 56.2 Å². The van der Waals surface area contributed by atoms with Crippen molar-refractivity contribution in [3.05, 3.63) is 65.7 Å². The monoisotopic (exact) mass is 406 g/mol. The zero-order valence-electron chi connectivity index (χ0n) is 17.6. The Morgan fingerprint density at radius 2 is 1.80 bits per heavy atom. The summed E-state index contributed by atoms with van der Waals surface area (Å²) in [5.74, 6) is 1.15. The molecule has 2 unspecified atom stereocenters. The highest BCUT2D eigenvalue weighted by atomic mass is 16.5. The van der Waals surface area contributed by atoms with E-state index in [1.165, 1.54) is 5.56 Å². The molecule has 2 aliphatic heterocycles. The van der Waals surface area contributed by atoms with Gasteiger partial charge in [-0.25, -0.2) is 0 Å².